The Hall–Kier alpha value is -0.740. The molecule has 0 bridgehead atoms. The summed E-state index contributed by atoms with van der Waals surface area (Å²) in [4.78, 5) is 0. The molecular formula is C16H22BrNO2. The Balaban J connectivity index is 1.94. The van der Waals surface area contributed by atoms with Crippen LogP contribution in [-0.2, 0) is 0 Å². The van der Waals surface area contributed by atoms with Gasteiger partial charge in [0.15, 0.2) is 11.5 Å². The van der Waals surface area contributed by atoms with Gasteiger partial charge in [0, 0.05) is 16.1 Å². The first-order valence-electron chi connectivity index (χ1n) is 7.55. The fourth-order valence-electron chi connectivity index (χ4n) is 3.25. The summed E-state index contributed by atoms with van der Waals surface area (Å²) in [5, 5.41) is 3.56. The van der Waals surface area contributed by atoms with E-state index in [-0.39, 0.29) is 0 Å². The van der Waals surface area contributed by atoms with E-state index in [1.54, 1.807) is 7.11 Å². The van der Waals surface area contributed by atoms with Crippen molar-refractivity contribution in [2.75, 3.05) is 13.7 Å². The van der Waals surface area contributed by atoms with E-state index >= 15 is 0 Å². The average molecular weight is 340 g/mol. The summed E-state index contributed by atoms with van der Waals surface area (Å²) in [6, 6.07) is 4.57. The second-order valence-corrected chi connectivity index (χ2v) is 6.62. The number of nitrogens with one attached hydrogen (secondary N) is 1. The molecule has 3 rings (SSSR count). The molecule has 20 heavy (non-hydrogen) atoms. The average Bonchev–Trinajstić information content (AvgIpc) is 3.12. The van der Waals surface area contributed by atoms with Crippen LogP contribution in [-0.4, -0.2) is 19.8 Å². The van der Waals surface area contributed by atoms with Crippen molar-refractivity contribution in [1.82, 2.24) is 5.32 Å². The first-order valence-corrected chi connectivity index (χ1v) is 8.34. The zero-order chi connectivity index (χ0) is 13.9. The maximum Gasteiger partial charge on any atom is 0.166 e. The van der Waals surface area contributed by atoms with Gasteiger partial charge in [-0.1, -0.05) is 15.9 Å². The number of halogens is 1. The molecule has 1 atom stereocenters. The molecule has 0 radical (unpaired) electrons. The minimum atomic E-state index is 0.352. The fourth-order valence-corrected chi connectivity index (χ4v) is 3.70. The second-order valence-electron chi connectivity index (χ2n) is 5.70. The van der Waals surface area contributed by atoms with Crippen molar-refractivity contribution >= 4 is 15.9 Å². The quantitative estimate of drug-likeness (QED) is 0.891. The van der Waals surface area contributed by atoms with Crippen LogP contribution in [0.2, 0.25) is 0 Å². The van der Waals surface area contributed by atoms with Gasteiger partial charge in [0.1, 0.15) is 0 Å². The number of ether oxygens (including phenoxy) is 2. The fraction of sp³-hybridized carbons (Fsp3) is 0.625. The van der Waals surface area contributed by atoms with Crippen LogP contribution in [0, 0.1) is 0 Å². The molecule has 3 nitrogen and oxygen atoms in total. The topological polar surface area (TPSA) is 30.5 Å². The molecule has 0 amide bonds. The maximum absolute atomic E-state index is 6.31. The van der Waals surface area contributed by atoms with Crippen LogP contribution in [0.15, 0.2) is 16.6 Å². The highest BCUT2D eigenvalue weighted by Crippen LogP contribution is 2.42. The standard InChI is InChI=1S/C16H22BrNO2/c1-19-15-10-11(17)9-13(14-7-4-8-18-14)16(15)20-12-5-2-3-6-12/h9-10,12,14,18H,2-8H2,1H3. The Morgan fingerprint density at radius 2 is 1.95 bits per heavy atom. The van der Waals surface area contributed by atoms with E-state index in [0.717, 1.165) is 35.4 Å². The molecule has 1 aromatic carbocycles. The molecule has 4 heteroatoms. The normalized spacial score (nSPS) is 23.2. The van der Waals surface area contributed by atoms with Crippen molar-refractivity contribution in [2.45, 2.75) is 50.7 Å². The zero-order valence-corrected chi connectivity index (χ0v) is 13.5. The molecule has 2 aliphatic rings. The lowest BCUT2D eigenvalue weighted by atomic mass is 10.0. The summed E-state index contributed by atoms with van der Waals surface area (Å²) in [6.07, 6.45) is 7.63. The smallest absolute Gasteiger partial charge is 0.166 e. The van der Waals surface area contributed by atoms with E-state index < -0.39 is 0 Å². The maximum atomic E-state index is 6.31. The van der Waals surface area contributed by atoms with E-state index in [4.69, 9.17) is 9.47 Å². The summed E-state index contributed by atoms with van der Waals surface area (Å²) in [5.41, 5.74) is 1.24. The van der Waals surface area contributed by atoms with Crippen LogP contribution >= 0.6 is 15.9 Å². The minimum Gasteiger partial charge on any atom is -0.493 e. The lowest BCUT2D eigenvalue weighted by Crippen LogP contribution is -2.18. The van der Waals surface area contributed by atoms with Crippen LogP contribution in [0.25, 0.3) is 0 Å². The number of hydrogen-bond donors (Lipinski definition) is 1. The van der Waals surface area contributed by atoms with E-state index in [1.807, 2.05) is 6.07 Å². The van der Waals surface area contributed by atoms with E-state index in [9.17, 15) is 0 Å². The monoisotopic (exact) mass is 339 g/mol. The Morgan fingerprint density at radius 1 is 1.15 bits per heavy atom. The van der Waals surface area contributed by atoms with Crippen LogP contribution < -0.4 is 14.8 Å². The Bertz CT molecular complexity index is 466. The van der Waals surface area contributed by atoms with Gasteiger partial charge in [-0.3, -0.25) is 0 Å². The SMILES string of the molecule is COc1cc(Br)cc(C2CCCN2)c1OC1CCCC1. The largest absolute Gasteiger partial charge is 0.493 e. The molecule has 1 saturated heterocycles. The van der Waals surface area contributed by atoms with Crippen molar-refractivity contribution in [3.8, 4) is 11.5 Å². The molecule has 1 aromatic rings. The number of hydrogen-bond acceptors (Lipinski definition) is 3. The predicted octanol–water partition coefficient (Wildman–Crippen LogP) is 4.20. The van der Waals surface area contributed by atoms with Gasteiger partial charge in [0.2, 0.25) is 0 Å². The summed E-state index contributed by atoms with van der Waals surface area (Å²) in [7, 11) is 1.72. The summed E-state index contributed by atoms with van der Waals surface area (Å²) < 4.78 is 12.9. The predicted molar refractivity (Wildman–Crippen MR) is 83.6 cm³/mol. The molecule has 0 spiro atoms. The summed E-state index contributed by atoms with van der Waals surface area (Å²) >= 11 is 3.58. The van der Waals surface area contributed by atoms with Crippen molar-refractivity contribution in [3.63, 3.8) is 0 Å². The third-order valence-electron chi connectivity index (χ3n) is 4.29. The Labute approximate surface area is 129 Å². The van der Waals surface area contributed by atoms with Gasteiger partial charge >= 0.3 is 0 Å². The second kappa shape index (κ2) is 6.35. The number of rotatable bonds is 4. The van der Waals surface area contributed by atoms with Gasteiger partial charge in [0.25, 0.3) is 0 Å². The summed E-state index contributed by atoms with van der Waals surface area (Å²) in [6.45, 7) is 1.09. The van der Waals surface area contributed by atoms with E-state index in [1.165, 1.54) is 31.2 Å². The van der Waals surface area contributed by atoms with Crippen LogP contribution in [0.3, 0.4) is 0 Å². The lowest BCUT2D eigenvalue weighted by Gasteiger charge is -2.22. The van der Waals surface area contributed by atoms with Gasteiger partial charge in [-0.05, 0) is 57.2 Å². The van der Waals surface area contributed by atoms with Crippen LogP contribution in [0.5, 0.6) is 11.5 Å². The molecule has 1 heterocycles. The van der Waals surface area contributed by atoms with E-state index in [0.29, 0.717) is 12.1 Å². The number of benzene rings is 1. The highest BCUT2D eigenvalue weighted by Gasteiger charge is 2.26. The lowest BCUT2D eigenvalue weighted by molar-refractivity contribution is 0.197. The molecule has 1 aliphatic heterocycles. The molecule has 0 aromatic heterocycles. The zero-order valence-electron chi connectivity index (χ0n) is 12.0. The molecule has 1 unspecified atom stereocenters. The number of methoxy groups -OCH3 is 1. The van der Waals surface area contributed by atoms with Gasteiger partial charge in [0.05, 0.1) is 13.2 Å². The third kappa shape index (κ3) is 2.96. The molecule has 110 valence electrons. The first-order chi connectivity index (χ1) is 9.78. The van der Waals surface area contributed by atoms with Crippen LogP contribution in [0.1, 0.15) is 50.1 Å². The minimum absolute atomic E-state index is 0.352. The van der Waals surface area contributed by atoms with Crippen LogP contribution in [0.4, 0.5) is 0 Å². The molecule has 1 saturated carbocycles. The van der Waals surface area contributed by atoms with Gasteiger partial charge in [-0.25, -0.2) is 0 Å². The molecular weight excluding hydrogens is 318 g/mol. The molecule has 2 fully saturated rings. The molecule has 1 N–H and O–H groups in total. The van der Waals surface area contributed by atoms with Gasteiger partial charge in [-0.15, -0.1) is 0 Å². The first kappa shape index (κ1) is 14.2. The third-order valence-corrected chi connectivity index (χ3v) is 4.75. The van der Waals surface area contributed by atoms with Gasteiger partial charge < -0.3 is 14.8 Å². The van der Waals surface area contributed by atoms with Crippen molar-refractivity contribution in [2.24, 2.45) is 0 Å². The highest BCUT2D eigenvalue weighted by molar-refractivity contribution is 9.10. The van der Waals surface area contributed by atoms with Crippen molar-refractivity contribution < 1.29 is 9.47 Å². The van der Waals surface area contributed by atoms with E-state index in [2.05, 4.69) is 27.3 Å². The molecule has 1 aliphatic carbocycles. The Morgan fingerprint density at radius 3 is 2.60 bits per heavy atom. The van der Waals surface area contributed by atoms with Gasteiger partial charge in [-0.2, -0.15) is 0 Å². The Kier molecular flexibility index (Phi) is 4.51. The van der Waals surface area contributed by atoms with Crippen molar-refractivity contribution in [1.29, 1.82) is 0 Å². The van der Waals surface area contributed by atoms with Crippen molar-refractivity contribution in [3.05, 3.63) is 22.2 Å². The summed E-state index contributed by atoms with van der Waals surface area (Å²) in [5.74, 6) is 1.79. The highest BCUT2D eigenvalue weighted by atomic mass is 79.9.